The molecule has 0 aromatic rings. The van der Waals surface area contributed by atoms with Crippen LogP contribution in [0.5, 0.6) is 0 Å². The lowest BCUT2D eigenvalue weighted by Crippen LogP contribution is -2.62. The van der Waals surface area contributed by atoms with Crippen molar-refractivity contribution >= 4 is 11.8 Å². The van der Waals surface area contributed by atoms with E-state index in [-0.39, 0.29) is 30.1 Å². The number of fused-ring (bicyclic) bond motifs is 1. The van der Waals surface area contributed by atoms with E-state index in [1.807, 2.05) is 20.8 Å². The minimum atomic E-state index is -0.518. The second-order valence-electron chi connectivity index (χ2n) is 5.67. The van der Waals surface area contributed by atoms with Gasteiger partial charge in [0.25, 0.3) is 0 Å². The van der Waals surface area contributed by atoms with Crippen molar-refractivity contribution in [1.29, 1.82) is 0 Å². The molecule has 0 radical (unpaired) electrons. The molecule has 17 heavy (non-hydrogen) atoms. The van der Waals surface area contributed by atoms with Gasteiger partial charge in [0.15, 0.2) is 0 Å². The molecule has 0 saturated carbocycles. The highest BCUT2D eigenvalue weighted by atomic mass is 16.5. The maximum Gasteiger partial charge on any atom is 0.248 e. The van der Waals surface area contributed by atoms with Crippen LogP contribution in [0.2, 0.25) is 0 Å². The molecule has 0 unspecified atom stereocenters. The quantitative estimate of drug-likeness (QED) is 0.755. The van der Waals surface area contributed by atoms with E-state index in [1.165, 1.54) is 0 Å². The Labute approximate surface area is 101 Å². The summed E-state index contributed by atoms with van der Waals surface area (Å²) in [5.74, 6) is -0.0408. The zero-order valence-corrected chi connectivity index (χ0v) is 10.7. The molecule has 2 atom stereocenters. The molecule has 0 bridgehead atoms. The first-order valence-electron chi connectivity index (χ1n) is 6.13. The van der Waals surface area contributed by atoms with Crippen molar-refractivity contribution in [3.8, 4) is 0 Å². The highest BCUT2D eigenvalue weighted by molar-refractivity contribution is 5.97. The van der Waals surface area contributed by atoms with Gasteiger partial charge in [0.05, 0.1) is 12.2 Å². The van der Waals surface area contributed by atoms with E-state index in [1.54, 1.807) is 4.90 Å². The summed E-state index contributed by atoms with van der Waals surface area (Å²) in [5, 5.41) is 2.76. The number of nitrogens with zero attached hydrogens (tertiary/aromatic N) is 1. The molecule has 0 aromatic carbocycles. The topological polar surface area (TPSA) is 58.6 Å². The summed E-state index contributed by atoms with van der Waals surface area (Å²) in [4.78, 5) is 25.6. The molecule has 2 saturated heterocycles. The molecule has 5 nitrogen and oxygen atoms in total. The third kappa shape index (κ3) is 2.60. The normalized spacial score (nSPS) is 29.2. The van der Waals surface area contributed by atoms with Crippen LogP contribution in [0.15, 0.2) is 0 Å². The SMILES string of the molecule is CC(C)(C)OC[C@@H]1NC(=O)[C@H]2CCCN2C1=O. The monoisotopic (exact) mass is 240 g/mol. The Morgan fingerprint density at radius 3 is 2.76 bits per heavy atom. The highest BCUT2D eigenvalue weighted by Gasteiger charge is 2.43. The standard InChI is InChI=1S/C12H20N2O3/c1-12(2,3)17-7-8-11(16)14-6-4-5-9(14)10(15)13-8/h8-9H,4-7H2,1-3H3,(H,13,15)/t8-,9+/m0/s1. The maximum atomic E-state index is 12.1. The summed E-state index contributed by atoms with van der Waals surface area (Å²) < 4.78 is 5.57. The van der Waals surface area contributed by atoms with Gasteiger partial charge in [-0.15, -0.1) is 0 Å². The van der Waals surface area contributed by atoms with Crippen molar-refractivity contribution in [2.24, 2.45) is 0 Å². The van der Waals surface area contributed by atoms with E-state index in [9.17, 15) is 9.59 Å². The Hall–Kier alpha value is -1.10. The predicted octanol–water partition coefficient (Wildman–Crippen LogP) is 0.291. The number of rotatable bonds is 2. The van der Waals surface area contributed by atoms with Crippen molar-refractivity contribution in [2.45, 2.75) is 51.3 Å². The van der Waals surface area contributed by atoms with Crippen LogP contribution in [-0.4, -0.2) is 47.6 Å². The summed E-state index contributed by atoms with van der Waals surface area (Å²) >= 11 is 0. The number of amides is 2. The first kappa shape index (κ1) is 12.4. The van der Waals surface area contributed by atoms with E-state index >= 15 is 0 Å². The third-order valence-corrected chi connectivity index (χ3v) is 3.14. The van der Waals surface area contributed by atoms with Gasteiger partial charge in [-0.2, -0.15) is 0 Å². The fourth-order valence-electron chi connectivity index (χ4n) is 2.28. The van der Waals surface area contributed by atoms with Crippen molar-refractivity contribution in [3.63, 3.8) is 0 Å². The van der Waals surface area contributed by atoms with E-state index in [4.69, 9.17) is 4.74 Å². The van der Waals surface area contributed by atoms with E-state index in [0.717, 1.165) is 12.8 Å². The van der Waals surface area contributed by atoms with Gasteiger partial charge in [-0.1, -0.05) is 0 Å². The minimum absolute atomic E-state index is 0.00338. The fraction of sp³-hybridized carbons (Fsp3) is 0.833. The largest absolute Gasteiger partial charge is 0.373 e. The van der Waals surface area contributed by atoms with Crippen molar-refractivity contribution in [2.75, 3.05) is 13.2 Å². The van der Waals surface area contributed by atoms with E-state index in [0.29, 0.717) is 6.54 Å². The molecule has 2 aliphatic heterocycles. The van der Waals surface area contributed by atoms with Crippen LogP contribution < -0.4 is 5.32 Å². The van der Waals surface area contributed by atoms with Crippen molar-refractivity contribution in [1.82, 2.24) is 10.2 Å². The lowest BCUT2D eigenvalue weighted by atomic mass is 10.1. The minimum Gasteiger partial charge on any atom is -0.373 e. The average Bonchev–Trinajstić information content (AvgIpc) is 2.69. The van der Waals surface area contributed by atoms with Crippen LogP contribution in [0.3, 0.4) is 0 Å². The molecule has 0 spiro atoms. The molecule has 1 N–H and O–H groups in total. The summed E-state index contributed by atoms with van der Waals surface area (Å²) in [7, 11) is 0. The Morgan fingerprint density at radius 1 is 1.41 bits per heavy atom. The van der Waals surface area contributed by atoms with Crippen LogP contribution in [0.25, 0.3) is 0 Å². The number of piperazine rings is 1. The Kier molecular flexibility index (Phi) is 3.12. The lowest BCUT2D eigenvalue weighted by Gasteiger charge is -2.35. The first-order chi connectivity index (χ1) is 7.88. The highest BCUT2D eigenvalue weighted by Crippen LogP contribution is 2.22. The van der Waals surface area contributed by atoms with E-state index in [2.05, 4.69) is 5.32 Å². The third-order valence-electron chi connectivity index (χ3n) is 3.14. The first-order valence-corrected chi connectivity index (χ1v) is 6.13. The van der Waals surface area contributed by atoms with Crippen LogP contribution in [0.1, 0.15) is 33.6 Å². The molecule has 2 aliphatic rings. The molecule has 2 fully saturated rings. The number of carbonyl (C=O) groups excluding carboxylic acids is 2. The molecule has 0 aromatic heterocycles. The summed E-state index contributed by atoms with van der Waals surface area (Å²) in [6.07, 6.45) is 1.70. The summed E-state index contributed by atoms with van der Waals surface area (Å²) in [6.45, 7) is 6.74. The molecule has 2 amide bonds. The number of ether oxygens (including phenoxy) is 1. The zero-order valence-electron chi connectivity index (χ0n) is 10.7. The van der Waals surface area contributed by atoms with Gasteiger partial charge in [0, 0.05) is 6.54 Å². The number of hydrogen-bond acceptors (Lipinski definition) is 3. The molecule has 96 valence electrons. The number of nitrogens with one attached hydrogen (secondary N) is 1. The molecule has 0 aliphatic carbocycles. The second kappa shape index (κ2) is 4.29. The Bertz CT molecular complexity index is 335. The maximum absolute atomic E-state index is 12.1. The Balaban J connectivity index is 2.00. The predicted molar refractivity (Wildman–Crippen MR) is 62.4 cm³/mol. The zero-order chi connectivity index (χ0) is 12.6. The molecule has 2 rings (SSSR count). The van der Waals surface area contributed by atoms with Gasteiger partial charge in [0.2, 0.25) is 11.8 Å². The molecular weight excluding hydrogens is 220 g/mol. The van der Waals surface area contributed by atoms with Crippen LogP contribution >= 0.6 is 0 Å². The fourth-order valence-corrected chi connectivity index (χ4v) is 2.28. The van der Waals surface area contributed by atoms with Crippen molar-refractivity contribution in [3.05, 3.63) is 0 Å². The van der Waals surface area contributed by atoms with Crippen LogP contribution in [0, 0.1) is 0 Å². The second-order valence-corrected chi connectivity index (χ2v) is 5.67. The summed E-state index contributed by atoms with van der Waals surface area (Å²) in [5.41, 5.74) is -0.299. The van der Waals surface area contributed by atoms with Crippen LogP contribution in [-0.2, 0) is 14.3 Å². The average molecular weight is 240 g/mol. The van der Waals surface area contributed by atoms with Gasteiger partial charge in [-0.25, -0.2) is 0 Å². The number of hydrogen-bond donors (Lipinski definition) is 1. The summed E-state index contributed by atoms with van der Waals surface area (Å²) in [6, 6.07) is -0.760. The van der Waals surface area contributed by atoms with Gasteiger partial charge in [-0.3, -0.25) is 9.59 Å². The van der Waals surface area contributed by atoms with Gasteiger partial charge in [-0.05, 0) is 33.6 Å². The molecule has 5 heteroatoms. The van der Waals surface area contributed by atoms with Gasteiger partial charge >= 0.3 is 0 Å². The molecule has 2 heterocycles. The lowest BCUT2D eigenvalue weighted by molar-refractivity contribution is -0.150. The van der Waals surface area contributed by atoms with Gasteiger partial charge in [0.1, 0.15) is 12.1 Å². The number of carbonyl (C=O) groups is 2. The Morgan fingerprint density at radius 2 is 2.12 bits per heavy atom. The van der Waals surface area contributed by atoms with Crippen LogP contribution in [0.4, 0.5) is 0 Å². The van der Waals surface area contributed by atoms with Crippen molar-refractivity contribution < 1.29 is 14.3 Å². The van der Waals surface area contributed by atoms with E-state index < -0.39 is 6.04 Å². The van der Waals surface area contributed by atoms with Gasteiger partial charge < -0.3 is 15.0 Å². The molecular formula is C12H20N2O3. The smallest absolute Gasteiger partial charge is 0.248 e.